The number of para-hydroxylation sites is 1. The van der Waals surface area contributed by atoms with Gasteiger partial charge in [0.1, 0.15) is 5.75 Å². The Labute approximate surface area is 135 Å². The molecular weight excluding hydrogens is 312 g/mol. The van der Waals surface area contributed by atoms with E-state index >= 15 is 0 Å². The molecule has 2 heterocycles. The van der Waals surface area contributed by atoms with Crippen molar-refractivity contribution in [1.29, 1.82) is 0 Å². The Morgan fingerprint density at radius 1 is 1.13 bits per heavy atom. The molecule has 0 saturated carbocycles. The monoisotopic (exact) mass is 324 g/mol. The van der Waals surface area contributed by atoms with E-state index in [2.05, 4.69) is 15.4 Å². The smallest absolute Gasteiger partial charge is 0.283 e. The lowest BCUT2D eigenvalue weighted by Gasteiger charge is -2.03. The van der Waals surface area contributed by atoms with Crippen molar-refractivity contribution in [2.45, 2.75) is 0 Å². The number of nitrogens with one attached hydrogen (secondary N) is 1. The largest absolute Gasteiger partial charge is 0.497 e. The second kappa shape index (κ2) is 5.36. The lowest BCUT2D eigenvalue weighted by molar-refractivity contribution is 0.415. The van der Waals surface area contributed by atoms with Crippen molar-refractivity contribution < 1.29 is 4.74 Å². The number of ether oxygens (including phenoxy) is 1. The van der Waals surface area contributed by atoms with Crippen LogP contribution in [0.4, 0.5) is 10.8 Å². The van der Waals surface area contributed by atoms with Crippen LogP contribution in [0, 0.1) is 0 Å². The highest BCUT2D eigenvalue weighted by molar-refractivity contribution is 7.20. The summed E-state index contributed by atoms with van der Waals surface area (Å²) < 4.78 is 6.46. The van der Waals surface area contributed by atoms with Crippen LogP contribution >= 0.6 is 11.3 Å². The molecule has 2 aromatic heterocycles. The Bertz CT molecular complexity index is 1050. The quantitative estimate of drug-likeness (QED) is 0.627. The van der Waals surface area contributed by atoms with Crippen LogP contribution in [0.3, 0.4) is 0 Å². The molecule has 23 heavy (non-hydrogen) atoms. The van der Waals surface area contributed by atoms with Gasteiger partial charge in [-0.3, -0.25) is 4.79 Å². The minimum absolute atomic E-state index is 0.162. The molecule has 0 bridgehead atoms. The van der Waals surface area contributed by atoms with Crippen LogP contribution in [-0.4, -0.2) is 21.7 Å². The number of hydrogen-bond donors (Lipinski definition) is 1. The molecule has 4 rings (SSSR count). The summed E-state index contributed by atoms with van der Waals surface area (Å²) in [6, 6.07) is 14.8. The minimum Gasteiger partial charge on any atom is -0.497 e. The number of rotatable bonds is 3. The summed E-state index contributed by atoms with van der Waals surface area (Å²) in [7, 11) is 1.62. The van der Waals surface area contributed by atoms with E-state index in [4.69, 9.17) is 4.74 Å². The molecule has 6 nitrogen and oxygen atoms in total. The van der Waals surface area contributed by atoms with Gasteiger partial charge >= 0.3 is 0 Å². The first kappa shape index (κ1) is 13.7. The highest BCUT2D eigenvalue weighted by Crippen LogP contribution is 2.24. The SMILES string of the molecule is COc1ccc(Nc2nn3c(=O)c4ccccc4nc3s2)cc1. The summed E-state index contributed by atoms with van der Waals surface area (Å²) >= 11 is 1.33. The van der Waals surface area contributed by atoms with Gasteiger partial charge in [0.15, 0.2) is 0 Å². The summed E-state index contributed by atoms with van der Waals surface area (Å²) in [6.45, 7) is 0. The first-order chi connectivity index (χ1) is 11.2. The fraction of sp³-hybridized carbons (Fsp3) is 0.0625. The van der Waals surface area contributed by atoms with Crippen LogP contribution in [0.5, 0.6) is 5.75 Å². The van der Waals surface area contributed by atoms with E-state index in [1.807, 2.05) is 42.5 Å². The first-order valence-electron chi connectivity index (χ1n) is 6.94. The number of fused-ring (bicyclic) bond motifs is 2. The molecule has 114 valence electrons. The maximum atomic E-state index is 12.5. The van der Waals surface area contributed by atoms with Gasteiger partial charge in [0.2, 0.25) is 10.1 Å². The zero-order valence-corrected chi connectivity index (χ0v) is 13.0. The Morgan fingerprint density at radius 3 is 2.70 bits per heavy atom. The van der Waals surface area contributed by atoms with E-state index in [9.17, 15) is 4.79 Å². The van der Waals surface area contributed by atoms with Gasteiger partial charge < -0.3 is 10.1 Å². The number of aromatic nitrogens is 3. The standard InChI is InChI=1S/C16H12N4O2S/c1-22-11-8-6-10(7-9-11)17-15-19-20-14(21)12-4-2-3-5-13(12)18-16(20)23-15/h2-9H,1H3,(H,17,19). The first-order valence-corrected chi connectivity index (χ1v) is 7.76. The second-order valence-corrected chi connectivity index (χ2v) is 5.85. The lowest BCUT2D eigenvalue weighted by atomic mass is 10.2. The molecule has 0 unspecified atom stereocenters. The number of benzene rings is 2. The van der Waals surface area contributed by atoms with Crippen LogP contribution in [-0.2, 0) is 0 Å². The fourth-order valence-corrected chi connectivity index (χ4v) is 3.12. The molecule has 0 saturated heterocycles. The van der Waals surface area contributed by atoms with Crippen molar-refractivity contribution in [3.05, 3.63) is 58.9 Å². The van der Waals surface area contributed by atoms with Gasteiger partial charge in [0, 0.05) is 5.69 Å². The second-order valence-electron chi connectivity index (χ2n) is 4.89. The van der Waals surface area contributed by atoms with Crippen molar-refractivity contribution in [2.24, 2.45) is 0 Å². The van der Waals surface area contributed by atoms with Crippen molar-refractivity contribution in [3.63, 3.8) is 0 Å². The van der Waals surface area contributed by atoms with Gasteiger partial charge in [0.05, 0.1) is 18.0 Å². The molecule has 1 N–H and O–H groups in total. The van der Waals surface area contributed by atoms with Gasteiger partial charge in [-0.25, -0.2) is 4.98 Å². The van der Waals surface area contributed by atoms with Gasteiger partial charge in [-0.2, -0.15) is 4.52 Å². The number of methoxy groups -OCH3 is 1. The molecule has 0 spiro atoms. The normalized spacial score (nSPS) is 11.0. The van der Waals surface area contributed by atoms with Crippen LogP contribution in [0.25, 0.3) is 15.9 Å². The van der Waals surface area contributed by atoms with Crippen LogP contribution in [0.2, 0.25) is 0 Å². The maximum absolute atomic E-state index is 12.5. The Hall–Kier alpha value is -2.93. The van der Waals surface area contributed by atoms with Gasteiger partial charge in [-0.1, -0.05) is 23.5 Å². The summed E-state index contributed by atoms with van der Waals surface area (Å²) in [5, 5.41) is 8.66. The van der Waals surface area contributed by atoms with Crippen molar-refractivity contribution in [1.82, 2.24) is 14.6 Å². The van der Waals surface area contributed by atoms with Crippen molar-refractivity contribution in [3.8, 4) is 5.75 Å². The van der Waals surface area contributed by atoms with E-state index in [0.29, 0.717) is 21.0 Å². The van der Waals surface area contributed by atoms with Crippen LogP contribution in [0.15, 0.2) is 53.3 Å². The topological polar surface area (TPSA) is 68.5 Å². The summed E-state index contributed by atoms with van der Waals surface area (Å²) in [4.78, 5) is 17.5. The molecule has 0 atom stereocenters. The van der Waals surface area contributed by atoms with E-state index in [0.717, 1.165) is 11.4 Å². The molecule has 2 aromatic carbocycles. The van der Waals surface area contributed by atoms with Crippen molar-refractivity contribution >= 4 is 38.0 Å². The average molecular weight is 324 g/mol. The molecule has 0 aliphatic rings. The fourth-order valence-electron chi connectivity index (χ4n) is 2.30. The van der Waals surface area contributed by atoms with E-state index in [1.165, 1.54) is 15.9 Å². The van der Waals surface area contributed by atoms with E-state index in [-0.39, 0.29) is 5.56 Å². The summed E-state index contributed by atoms with van der Waals surface area (Å²) in [5.74, 6) is 0.781. The number of nitrogens with zero attached hydrogens (tertiary/aromatic N) is 3. The zero-order chi connectivity index (χ0) is 15.8. The maximum Gasteiger partial charge on any atom is 0.283 e. The molecule has 0 amide bonds. The lowest BCUT2D eigenvalue weighted by Crippen LogP contribution is -2.15. The molecule has 0 aliphatic heterocycles. The Kier molecular flexibility index (Phi) is 3.20. The zero-order valence-electron chi connectivity index (χ0n) is 12.2. The molecule has 0 fully saturated rings. The third-order valence-corrected chi connectivity index (χ3v) is 4.27. The molecule has 0 aliphatic carbocycles. The van der Waals surface area contributed by atoms with Gasteiger partial charge in [-0.05, 0) is 36.4 Å². The highest BCUT2D eigenvalue weighted by Gasteiger charge is 2.10. The van der Waals surface area contributed by atoms with Gasteiger partial charge in [-0.15, -0.1) is 5.10 Å². The molecule has 4 aromatic rings. The Balaban J connectivity index is 1.77. The molecular formula is C16H12N4O2S. The predicted molar refractivity (Wildman–Crippen MR) is 90.9 cm³/mol. The third-order valence-electron chi connectivity index (χ3n) is 3.44. The average Bonchev–Trinajstić information content (AvgIpc) is 2.98. The van der Waals surface area contributed by atoms with E-state index in [1.54, 1.807) is 13.2 Å². The van der Waals surface area contributed by atoms with Crippen LogP contribution < -0.4 is 15.6 Å². The summed E-state index contributed by atoms with van der Waals surface area (Å²) in [5.41, 5.74) is 1.38. The van der Waals surface area contributed by atoms with Crippen molar-refractivity contribution in [2.75, 3.05) is 12.4 Å². The summed E-state index contributed by atoms with van der Waals surface area (Å²) in [6.07, 6.45) is 0. The number of anilines is 2. The minimum atomic E-state index is -0.162. The Morgan fingerprint density at radius 2 is 1.91 bits per heavy atom. The highest BCUT2D eigenvalue weighted by atomic mass is 32.1. The molecule has 7 heteroatoms. The van der Waals surface area contributed by atoms with Gasteiger partial charge in [0.25, 0.3) is 5.56 Å². The van der Waals surface area contributed by atoms with E-state index < -0.39 is 0 Å². The third kappa shape index (κ3) is 2.40. The number of hydrogen-bond acceptors (Lipinski definition) is 6. The molecule has 0 radical (unpaired) electrons. The predicted octanol–water partition coefficient (Wildman–Crippen LogP) is 3.06. The van der Waals surface area contributed by atoms with Crippen LogP contribution in [0.1, 0.15) is 0 Å².